The van der Waals surface area contributed by atoms with Crippen molar-refractivity contribution in [3.05, 3.63) is 72.3 Å². The van der Waals surface area contributed by atoms with Crippen LogP contribution >= 0.6 is 0 Å². The molecule has 1 N–H and O–H groups in total. The fourth-order valence-corrected chi connectivity index (χ4v) is 11.4. The summed E-state index contributed by atoms with van der Waals surface area (Å²) in [6.45, 7) is 6.64. The van der Waals surface area contributed by atoms with Crippen LogP contribution in [0, 0.1) is 5.92 Å². The fourth-order valence-electron chi connectivity index (χ4n) is 7.33. The lowest BCUT2D eigenvalue weighted by atomic mass is 9.82. The SMILES string of the molecule is COc1ccc([Si](C)(C)[C@H]2[C@H](CCO)O[C@@]3(C(=O)N(C)c4ccc(N5C(=O)COc6ccccc65)cc43)[C@@H]2C)cc1. The molecule has 1 fully saturated rings. The van der Waals surface area contributed by atoms with Crippen molar-refractivity contribution in [3.63, 3.8) is 0 Å². The number of likely N-dealkylation sites (N-methyl/N-ethyl adjacent to an activating group) is 1. The van der Waals surface area contributed by atoms with Crippen molar-refractivity contribution in [3.8, 4) is 11.5 Å². The molecule has 214 valence electrons. The van der Waals surface area contributed by atoms with Crippen LogP contribution in [0.3, 0.4) is 0 Å². The molecular formula is C32H36N2O6Si. The maximum atomic E-state index is 14.2. The molecule has 41 heavy (non-hydrogen) atoms. The third kappa shape index (κ3) is 4.01. The molecule has 1 spiro atoms. The molecule has 0 radical (unpaired) electrons. The molecule has 8 nitrogen and oxygen atoms in total. The molecule has 4 atom stereocenters. The number of anilines is 3. The van der Waals surface area contributed by atoms with E-state index < -0.39 is 13.7 Å². The van der Waals surface area contributed by atoms with Crippen molar-refractivity contribution < 1.29 is 28.9 Å². The van der Waals surface area contributed by atoms with Gasteiger partial charge in [-0.3, -0.25) is 14.5 Å². The zero-order valence-corrected chi connectivity index (χ0v) is 25.1. The molecule has 3 heterocycles. The van der Waals surface area contributed by atoms with Crippen LogP contribution in [0.4, 0.5) is 17.1 Å². The highest BCUT2D eigenvalue weighted by Crippen LogP contribution is 2.60. The second kappa shape index (κ2) is 10.0. The molecule has 3 aromatic rings. The Morgan fingerprint density at radius 3 is 2.49 bits per heavy atom. The molecule has 0 bridgehead atoms. The van der Waals surface area contributed by atoms with Gasteiger partial charge in [-0.25, -0.2) is 0 Å². The minimum Gasteiger partial charge on any atom is -0.497 e. The highest BCUT2D eigenvalue weighted by Gasteiger charge is 2.65. The Kier molecular flexibility index (Phi) is 6.71. The van der Waals surface area contributed by atoms with E-state index in [9.17, 15) is 14.7 Å². The van der Waals surface area contributed by atoms with Gasteiger partial charge in [0.2, 0.25) is 0 Å². The van der Waals surface area contributed by atoms with Crippen LogP contribution in [0.5, 0.6) is 11.5 Å². The molecule has 0 saturated carbocycles. The zero-order valence-electron chi connectivity index (χ0n) is 24.1. The highest BCUT2D eigenvalue weighted by atomic mass is 28.3. The monoisotopic (exact) mass is 572 g/mol. The van der Waals surface area contributed by atoms with E-state index in [1.54, 1.807) is 24.0 Å². The van der Waals surface area contributed by atoms with Gasteiger partial charge in [-0.15, -0.1) is 0 Å². The summed E-state index contributed by atoms with van der Waals surface area (Å²) in [6.07, 6.45) is 0.126. The van der Waals surface area contributed by atoms with Crippen LogP contribution in [0.2, 0.25) is 18.6 Å². The topological polar surface area (TPSA) is 88.5 Å². The lowest BCUT2D eigenvalue weighted by Crippen LogP contribution is -2.51. The van der Waals surface area contributed by atoms with E-state index in [1.807, 2.05) is 54.6 Å². The van der Waals surface area contributed by atoms with Gasteiger partial charge >= 0.3 is 0 Å². The van der Waals surface area contributed by atoms with Crippen LogP contribution in [0.15, 0.2) is 66.7 Å². The van der Waals surface area contributed by atoms with Crippen molar-refractivity contribution in [1.29, 1.82) is 0 Å². The number of benzene rings is 3. The average molecular weight is 573 g/mol. The van der Waals surface area contributed by atoms with Gasteiger partial charge in [-0.05, 0) is 54.4 Å². The Morgan fingerprint density at radius 2 is 1.78 bits per heavy atom. The fraction of sp³-hybridized carbons (Fsp3) is 0.375. The Bertz CT molecular complexity index is 1510. The number of carbonyl (C=O) groups excluding carboxylic acids is 2. The highest BCUT2D eigenvalue weighted by molar-refractivity contribution is 6.91. The van der Waals surface area contributed by atoms with Crippen molar-refractivity contribution >= 4 is 42.1 Å². The largest absolute Gasteiger partial charge is 0.497 e. The quantitative estimate of drug-likeness (QED) is 0.443. The van der Waals surface area contributed by atoms with Crippen LogP contribution in [-0.4, -0.2) is 58.5 Å². The number of nitrogens with zero attached hydrogens (tertiary/aromatic N) is 2. The minimum atomic E-state index is -2.26. The zero-order chi connectivity index (χ0) is 29.1. The summed E-state index contributed by atoms with van der Waals surface area (Å²) in [5, 5.41) is 11.3. The standard InChI is InChI=1S/C32H36N2O6Si/c1-20-30(41(4,5)23-13-11-22(38-3)12-14-23)28(16-17-35)40-32(20)24-18-21(10-15-25(24)33(2)31(32)37)34-26-8-6-7-9-27(26)39-19-29(34)36/h6-15,18,20,28,30,35H,16-17,19H2,1-5H3/t20-,28+,30-,32+/m1/s1. The first-order valence-corrected chi connectivity index (χ1v) is 17.1. The third-order valence-corrected chi connectivity index (χ3v) is 13.7. The van der Waals surface area contributed by atoms with Crippen molar-refractivity contribution in [2.75, 3.05) is 37.2 Å². The lowest BCUT2D eigenvalue weighted by Gasteiger charge is -2.37. The van der Waals surface area contributed by atoms with E-state index in [4.69, 9.17) is 14.2 Å². The predicted octanol–water partition coefficient (Wildman–Crippen LogP) is 4.33. The van der Waals surface area contributed by atoms with Crippen molar-refractivity contribution in [2.24, 2.45) is 5.92 Å². The number of fused-ring (bicyclic) bond motifs is 3. The van der Waals surface area contributed by atoms with Gasteiger partial charge in [-0.1, -0.05) is 49.5 Å². The second-order valence-corrected chi connectivity index (χ2v) is 16.4. The smallest absolute Gasteiger partial charge is 0.269 e. The van der Waals surface area contributed by atoms with Gasteiger partial charge in [0.05, 0.1) is 32.7 Å². The minimum absolute atomic E-state index is 0.0347. The van der Waals surface area contributed by atoms with Gasteiger partial charge in [-0.2, -0.15) is 0 Å². The number of amides is 2. The van der Waals surface area contributed by atoms with Crippen molar-refractivity contribution in [2.45, 2.75) is 43.7 Å². The molecule has 6 rings (SSSR count). The van der Waals surface area contributed by atoms with E-state index in [1.165, 1.54) is 5.19 Å². The molecule has 3 aromatic carbocycles. The number of methoxy groups -OCH3 is 1. The van der Waals surface area contributed by atoms with E-state index in [2.05, 4.69) is 32.2 Å². The second-order valence-electron chi connectivity index (χ2n) is 11.7. The molecule has 0 unspecified atom stereocenters. The van der Waals surface area contributed by atoms with Crippen molar-refractivity contribution in [1.82, 2.24) is 0 Å². The summed E-state index contributed by atoms with van der Waals surface area (Å²) in [5.41, 5.74) is 1.68. The number of aliphatic hydroxyl groups excluding tert-OH is 1. The average Bonchev–Trinajstić information content (AvgIpc) is 3.39. The van der Waals surface area contributed by atoms with Gasteiger partial charge in [0.25, 0.3) is 11.8 Å². The predicted molar refractivity (Wildman–Crippen MR) is 160 cm³/mol. The number of aliphatic hydroxyl groups is 1. The molecule has 3 aliphatic rings. The first kappa shape index (κ1) is 27.5. The molecule has 0 aliphatic carbocycles. The first-order valence-electron chi connectivity index (χ1n) is 14.1. The van der Waals surface area contributed by atoms with Gasteiger partial charge < -0.3 is 24.2 Å². The summed E-state index contributed by atoms with van der Waals surface area (Å²) in [5.74, 6) is 0.958. The van der Waals surface area contributed by atoms with E-state index in [-0.39, 0.29) is 42.6 Å². The molecule has 1 saturated heterocycles. The van der Waals surface area contributed by atoms with Gasteiger partial charge in [0, 0.05) is 30.8 Å². The molecule has 0 aromatic heterocycles. The lowest BCUT2D eigenvalue weighted by molar-refractivity contribution is -0.145. The number of para-hydroxylation sites is 2. The molecular weight excluding hydrogens is 536 g/mol. The maximum Gasteiger partial charge on any atom is 0.269 e. The van der Waals surface area contributed by atoms with Gasteiger partial charge in [0.15, 0.2) is 12.2 Å². The molecule has 3 aliphatic heterocycles. The third-order valence-electron chi connectivity index (χ3n) is 9.33. The summed E-state index contributed by atoms with van der Waals surface area (Å²) in [6, 6.07) is 21.4. The number of rotatable bonds is 6. The Balaban J connectivity index is 1.47. The van der Waals surface area contributed by atoms with Crippen LogP contribution in [-0.2, 0) is 19.9 Å². The van der Waals surface area contributed by atoms with E-state index >= 15 is 0 Å². The maximum absolute atomic E-state index is 14.2. The summed E-state index contributed by atoms with van der Waals surface area (Å²) in [4.78, 5) is 30.7. The Morgan fingerprint density at radius 1 is 1.05 bits per heavy atom. The number of ether oxygens (including phenoxy) is 3. The molecule has 2 amide bonds. The Hall–Kier alpha value is -3.66. The first-order chi connectivity index (χ1) is 19.6. The molecule has 9 heteroatoms. The van der Waals surface area contributed by atoms with Crippen LogP contribution < -0.4 is 24.5 Å². The summed E-state index contributed by atoms with van der Waals surface area (Å²) < 4.78 is 18.0. The Labute approximate surface area is 241 Å². The number of hydrogen-bond acceptors (Lipinski definition) is 6. The normalized spacial score (nSPS) is 25.4. The summed E-state index contributed by atoms with van der Waals surface area (Å²) >= 11 is 0. The van der Waals surface area contributed by atoms with Crippen LogP contribution in [0.25, 0.3) is 0 Å². The van der Waals surface area contributed by atoms with E-state index in [0.717, 1.165) is 17.0 Å². The summed E-state index contributed by atoms with van der Waals surface area (Å²) in [7, 11) is 1.17. The number of hydrogen-bond donors (Lipinski definition) is 1. The number of carbonyl (C=O) groups is 2. The van der Waals surface area contributed by atoms with Gasteiger partial charge in [0.1, 0.15) is 11.5 Å². The van der Waals surface area contributed by atoms with E-state index in [0.29, 0.717) is 23.5 Å². The van der Waals surface area contributed by atoms with Crippen LogP contribution in [0.1, 0.15) is 18.9 Å².